The first kappa shape index (κ1) is 16.4. The minimum atomic E-state index is -0.257. The van der Waals surface area contributed by atoms with Crippen LogP contribution in [-0.4, -0.2) is 30.6 Å². The molecule has 4 rings (SSSR count). The minimum Gasteiger partial charge on any atom is -0.345 e. The Bertz CT molecular complexity index is 872. The van der Waals surface area contributed by atoms with Crippen molar-refractivity contribution >= 4 is 5.91 Å². The Morgan fingerprint density at radius 2 is 2.04 bits per heavy atom. The van der Waals surface area contributed by atoms with Crippen molar-refractivity contribution in [3.8, 4) is 11.4 Å². The molecule has 26 heavy (non-hydrogen) atoms. The second kappa shape index (κ2) is 7.43. The van der Waals surface area contributed by atoms with Crippen LogP contribution >= 0.6 is 0 Å². The predicted molar refractivity (Wildman–Crippen MR) is 96.2 cm³/mol. The number of carbonyl (C=O) groups excluding carboxylic acids is 1. The van der Waals surface area contributed by atoms with Crippen LogP contribution in [0, 0.1) is 0 Å². The van der Waals surface area contributed by atoms with Gasteiger partial charge in [-0.1, -0.05) is 18.9 Å². The van der Waals surface area contributed by atoms with Crippen LogP contribution in [0.4, 0.5) is 0 Å². The maximum absolute atomic E-state index is 12.2. The van der Waals surface area contributed by atoms with Crippen LogP contribution in [-0.2, 0) is 6.54 Å². The molecule has 1 aliphatic rings. The summed E-state index contributed by atoms with van der Waals surface area (Å²) in [5.74, 6) is -0.257. The topological polar surface area (TPSA) is 85.6 Å². The first-order valence-electron chi connectivity index (χ1n) is 8.85. The second-order valence-electron chi connectivity index (χ2n) is 6.39. The van der Waals surface area contributed by atoms with Gasteiger partial charge in [-0.2, -0.15) is 5.10 Å². The van der Waals surface area contributed by atoms with Crippen molar-refractivity contribution in [2.24, 2.45) is 0 Å². The Kier molecular flexibility index (Phi) is 4.68. The van der Waals surface area contributed by atoms with Gasteiger partial charge >= 0.3 is 0 Å². The fraction of sp³-hybridized carbons (Fsp3) is 0.316. The van der Waals surface area contributed by atoms with Crippen molar-refractivity contribution in [3.63, 3.8) is 0 Å². The molecule has 1 aliphatic carbocycles. The zero-order valence-corrected chi connectivity index (χ0v) is 14.4. The molecule has 1 N–H and O–H groups in total. The Hall–Kier alpha value is -3.09. The molecule has 3 heterocycles. The molecule has 0 atom stereocenters. The third-order valence-corrected chi connectivity index (χ3v) is 4.61. The average Bonchev–Trinajstić information content (AvgIpc) is 3.37. The zero-order chi connectivity index (χ0) is 17.8. The SMILES string of the molecule is O=C(NCc1cc(-c2ccccn2)n(C2CCCC2)n1)c1cnccn1. The predicted octanol–water partition coefficient (Wildman–Crippen LogP) is 2.78. The van der Waals surface area contributed by atoms with Gasteiger partial charge in [-0.25, -0.2) is 4.98 Å². The molecule has 1 fully saturated rings. The Labute approximate surface area is 151 Å². The largest absolute Gasteiger partial charge is 0.345 e. The van der Waals surface area contributed by atoms with Gasteiger partial charge in [0.05, 0.1) is 35.9 Å². The summed E-state index contributed by atoms with van der Waals surface area (Å²) >= 11 is 0. The lowest BCUT2D eigenvalue weighted by atomic mass is 10.2. The molecular weight excluding hydrogens is 328 g/mol. The number of nitrogens with zero attached hydrogens (tertiary/aromatic N) is 5. The average molecular weight is 348 g/mol. The molecule has 0 aliphatic heterocycles. The smallest absolute Gasteiger partial charge is 0.271 e. The summed E-state index contributed by atoms with van der Waals surface area (Å²) in [6, 6.07) is 8.28. The van der Waals surface area contributed by atoms with Gasteiger partial charge in [0, 0.05) is 18.6 Å². The number of aromatic nitrogens is 5. The fourth-order valence-corrected chi connectivity index (χ4v) is 3.34. The maximum atomic E-state index is 12.2. The monoisotopic (exact) mass is 348 g/mol. The summed E-state index contributed by atoms with van der Waals surface area (Å²) in [6.45, 7) is 0.342. The van der Waals surface area contributed by atoms with Crippen molar-refractivity contribution in [2.45, 2.75) is 38.3 Å². The van der Waals surface area contributed by atoms with E-state index in [2.05, 4.69) is 25.0 Å². The number of pyridine rings is 1. The van der Waals surface area contributed by atoms with Gasteiger partial charge in [0.15, 0.2) is 0 Å². The van der Waals surface area contributed by atoms with Crippen molar-refractivity contribution in [1.82, 2.24) is 30.0 Å². The van der Waals surface area contributed by atoms with Crippen LogP contribution in [0.3, 0.4) is 0 Å². The molecule has 0 bridgehead atoms. The number of carbonyl (C=O) groups is 1. The first-order chi connectivity index (χ1) is 12.8. The quantitative estimate of drug-likeness (QED) is 0.766. The van der Waals surface area contributed by atoms with Gasteiger partial charge in [-0.3, -0.25) is 19.4 Å². The van der Waals surface area contributed by atoms with Crippen LogP contribution in [0.2, 0.25) is 0 Å². The Morgan fingerprint density at radius 3 is 2.77 bits per heavy atom. The summed E-state index contributed by atoms with van der Waals surface area (Å²) in [7, 11) is 0. The molecule has 7 heteroatoms. The number of nitrogens with one attached hydrogen (secondary N) is 1. The van der Waals surface area contributed by atoms with E-state index in [4.69, 9.17) is 5.10 Å². The van der Waals surface area contributed by atoms with E-state index in [-0.39, 0.29) is 5.91 Å². The normalized spacial score (nSPS) is 14.5. The lowest BCUT2D eigenvalue weighted by Crippen LogP contribution is -2.24. The van der Waals surface area contributed by atoms with Crippen LogP contribution < -0.4 is 5.32 Å². The number of hydrogen-bond acceptors (Lipinski definition) is 5. The van der Waals surface area contributed by atoms with Gasteiger partial charge in [-0.15, -0.1) is 0 Å². The molecule has 1 amide bonds. The fourth-order valence-electron chi connectivity index (χ4n) is 3.34. The Balaban J connectivity index is 1.56. The summed E-state index contributed by atoms with van der Waals surface area (Å²) in [6.07, 6.45) is 11.0. The van der Waals surface area contributed by atoms with Gasteiger partial charge < -0.3 is 5.32 Å². The number of hydrogen-bond donors (Lipinski definition) is 1. The maximum Gasteiger partial charge on any atom is 0.271 e. The van der Waals surface area contributed by atoms with Gasteiger partial charge in [0.25, 0.3) is 5.91 Å². The van der Waals surface area contributed by atoms with E-state index in [0.29, 0.717) is 18.3 Å². The van der Waals surface area contributed by atoms with E-state index in [9.17, 15) is 4.79 Å². The lowest BCUT2D eigenvalue weighted by molar-refractivity contribution is 0.0945. The van der Waals surface area contributed by atoms with Crippen molar-refractivity contribution < 1.29 is 4.79 Å². The van der Waals surface area contributed by atoms with E-state index < -0.39 is 0 Å². The molecule has 0 spiro atoms. The van der Waals surface area contributed by atoms with E-state index >= 15 is 0 Å². The lowest BCUT2D eigenvalue weighted by Gasteiger charge is -2.13. The summed E-state index contributed by atoms with van der Waals surface area (Å²) < 4.78 is 2.08. The molecular formula is C19H20N6O. The standard InChI is InChI=1S/C19H20N6O/c26-19(17-13-20-9-10-22-17)23-12-14-11-18(16-7-3-4-8-21-16)25(24-14)15-5-1-2-6-15/h3-4,7-11,13,15H,1-2,5-6,12H2,(H,23,26). The number of rotatable bonds is 5. The molecule has 0 radical (unpaired) electrons. The van der Waals surface area contributed by atoms with Crippen LogP contribution in [0.25, 0.3) is 11.4 Å². The van der Waals surface area contributed by atoms with E-state index in [1.807, 2.05) is 24.3 Å². The molecule has 7 nitrogen and oxygen atoms in total. The van der Waals surface area contributed by atoms with Gasteiger partial charge in [0.2, 0.25) is 0 Å². The van der Waals surface area contributed by atoms with Gasteiger partial charge in [0.1, 0.15) is 5.69 Å². The summed E-state index contributed by atoms with van der Waals surface area (Å²) in [5.41, 5.74) is 3.02. The van der Waals surface area contributed by atoms with E-state index in [0.717, 1.165) is 29.9 Å². The van der Waals surface area contributed by atoms with Crippen LogP contribution in [0.5, 0.6) is 0 Å². The molecule has 132 valence electrons. The molecule has 1 saturated carbocycles. The molecule has 0 saturated heterocycles. The Morgan fingerprint density at radius 1 is 1.15 bits per heavy atom. The van der Waals surface area contributed by atoms with Crippen LogP contribution in [0.15, 0.2) is 49.1 Å². The van der Waals surface area contributed by atoms with Crippen LogP contribution in [0.1, 0.15) is 47.9 Å². The molecule has 3 aromatic heterocycles. The third kappa shape index (κ3) is 3.46. The summed E-state index contributed by atoms with van der Waals surface area (Å²) in [5, 5.41) is 7.62. The molecule has 0 aromatic carbocycles. The van der Waals surface area contributed by atoms with E-state index in [1.165, 1.54) is 25.2 Å². The van der Waals surface area contributed by atoms with Gasteiger partial charge in [-0.05, 0) is 31.0 Å². The van der Waals surface area contributed by atoms with Crippen molar-refractivity contribution in [1.29, 1.82) is 0 Å². The number of amides is 1. The molecule has 0 unspecified atom stereocenters. The van der Waals surface area contributed by atoms with E-state index in [1.54, 1.807) is 12.4 Å². The highest BCUT2D eigenvalue weighted by molar-refractivity contribution is 5.91. The van der Waals surface area contributed by atoms with Crippen molar-refractivity contribution in [2.75, 3.05) is 0 Å². The highest BCUT2D eigenvalue weighted by Crippen LogP contribution is 2.33. The third-order valence-electron chi connectivity index (χ3n) is 4.61. The molecule has 3 aromatic rings. The minimum absolute atomic E-state index is 0.257. The van der Waals surface area contributed by atoms with Crippen molar-refractivity contribution in [3.05, 3.63) is 60.4 Å². The first-order valence-corrected chi connectivity index (χ1v) is 8.85. The summed E-state index contributed by atoms with van der Waals surface area (Å²) in [4.78, 5) is 24.6. The highest BCUT2D eigenvalue weighted by Gasteiger charge is 2.22. The zero-order valence-electron chi connectivity index (χ0n) is 14.4. The highest BCUT2D eigenvalue weighted by atomic mass is 16.1. The second-order valence-corrected chi connectivity index (χ2v) is 6.39.